The number of benzene rings is 1. The minimum atomic E-state index is -0.840. The maximum Gasteiger partial charge on any atom is 0.251 e. The Labute approximate surface area is 154 Å². The Balaban J connectivity index is 1.51. The molecule has 0 spiro atoms. The van der Waals surface area contributed by atoms with Crippen LogP contribution >= 0.6 is 0 Å². The van der Waals surface area contributed by atoms with Gasteiger partial charge in [-0.15, -0.1) is 0 Å². The molecule has 2 aromatic heterocycles. The van der Waals surface area contributed by atoms with Gasteiger partial charge in [-0.3, -0.25) is 14.7 Å². The molecule has 0 saturated carbocycles. The number of nitrogens with one attached hydrogen (secondary N) is 1. The van der Waals surface area contributed by atoms with Gasteiger partial charge in [-0.05, 0) is 42.8 Å². The van der Waals surface area contributed by atoms with Crippen molar-refractivity contribution in [1.29, 1.82) is 0 Å². The molecular weight excluding hydrogens is 350 g/mol. The highest BCUT2D eigenvalue weighted by atomic mass is 19.2. The van der Waals surface area contributed by atoms with Gasteiger partial charge in [0, 0.05) is 31.3 Å². The summed E-state index contributed by atoms with van der Waals surface area (Å²) in [6.45, 7) is 2.04. The van der Waals surface area contributed by atoms with Gasteiger partial charge in [0.2, 0.25) is 0 Å². The van der Waals surface area contributed by atoms with E-state index in [1.807, 2.05) is 6.07 Å². The lowest BCUT2D eigenvalue weighted by atomic mass is 10.0. The van der Waals surface area contributed by atoms with Crippen molar-refractivity contribution in [3.05, 3.63) is 81.9 Å². The summed E-state index contributed by atoms with van der Waals surface area (Å²) < 4.78 is 26.5. The molecule has 1 fully saturated rings. The Kier molecular flexibility index (Phi) is 4.77. The van der Waals surface area contributed by atoms with Gasteiger partial charge in [-0.1, -0.05) is 12.1 Å². The number of nitrogens with zero attached hydrogens (tertiary/aromatic N) is 3. The van der Waals surface area contributed by atoms with Crippen LogP contribution in [0.25, 0.3) is 11.5 Å². The van der Waals surface area contributed by atoms with Gasteiger partial charge in [-0.2, -0.15) is 0 Å². The molecule has 1 unspecified atom stereocenters. The molecule has 5 nitrogen and oxygen atoms in total. The Bertz CT molecular complexity index is 1010. The van der Waals surface area contributed by atoms with Crippen molar-refractivity contribution < 1.29 is 8.78 Å². The van der Waals surface area contributed by atoms with Gasteiger partial charge in [0.25, 0.3) is 5.56 Å². The maximum atomic E-state index is 13.4. The Hall–Kier alpha value is -2.93. The summed E-state index contributed by atoms with van der Waals surface area (Å²) >= 11 is 0. The standard InChI is InChI=1S/C20H18F2N4O/c21-15-5-4-13(9-16(15)22)11-26-8-6-14(12-26)18-10-19(27)25-20(24-18)17-3-1-2-7-23-17/h1-5,7,9-10,14H,6,8,11-12H2,(H,24,25,27). The number of aromatic nitrogens is 3. The second-order valence-corrected chi connectivity index (χ2v) is 6.70. The third-order valence-electron chi connectivity index (χ3n) is 4.75. The van der Waals surface area contributed by atoms with Crippen LogP contribution in [0.2, 0.25) is 0 Å². The summed E-state index contributed by atoms with van der Waals surface area (Å²) in [6, 6.07) is 10.9. The van der Waals surface area contributed by atoms with E-state index in [-0.39, 0.29) is 11.5 Å². The summed E-state index contributed by atoms with van der Waals surface area (Å²) in [4.78, 5) is 25.8. The zero-order chi connectivity index (χ0) is 18.8. The van der Waals surface area contributed by atoms with Crippen LogP contribution in [0.3, 0.4) is 0 Å². The molecular formula is C20H18F2N4O. The molecule has 1 aliphatic rings. The maximum absolute atomic E-state index is 13.4. The fraction of sp³-hybridized carbons (Fsp3) is 0.250. The SMILES string of the molecule is O=c1cc(C2CCN(Cc3ccc(F)c(F)c3)C2)nc(-c2ccccn2)[nH]1. The number of hydrogen-bond acceptors (Lipinski definition) is 4. The van der Waals surface area contributed by atoms with Crippen LogP contribution in [0, 0.1) is 11.6 Å². The lowest BCUT2D eigenvalue weighted by molar-refractivity contribution is 0.325. The zero-order valence-electron chi connectivity index (χ0n) is 14.5. The molecule has 1 N–H and O–H groups in total. The van der Waals surface area contributed by atoms with Gasteiger partial charge in [-0.25, -0.2) is 13.8 Å². The first-order valence-electron chi connectivity index (χ1n) is 8.77. The lowest BCUT2D eigenvalue weighted by Crippen LogP contribution is -2.21. The van der Waals surface area contributed by atoms with E-state index in [0.717, 1.165) is 30.3 Å². The number of halogens is 2. The normalized spacial score (nSPS) is 17.3. The molecule has 3 heterocycles. The van der Waals surface area contributed by atoms with Crippen LogP contribution in [0.1, 0.15) is 23.6 Å². The Morgan fingerprint density at radius 1 is 1.15 bits per heavy atom. The molecule has 0 amide bonds. The van der Waals surface area contributed by atoms with Crippen LogP contribution in [0.4, 0.5) is 8.78 Å². The van der Waals surface area contributed by atoms with Crippen molar-refractivity contribution in [2.45, 2.75) is 18.9 Å². The number of hydrogen-bond donors (Lipinski definition) is 1. The van der Waals surface area contributed by atoms with Crippen molar-refractivity contribution in [3.63, 3.8) is 0 Å². The van der Waals surface area contributed by atoms with Gasteiger partial charge in [0.05, 0.1) is 5.69 Å². The number of likely N-dealkylation sites (tertiary alicyclic amines) is 1. The van der Waals surface area contributed by atoms with Gasteiger partial charge in [0.1, 0.15) is 5.69 Å². The number of pyridine rings is 1. The number of rotatable bonds is 4. The molecule has 0 aliphatic carbocycles. The minimum absolute atomic E-state index is 0.111. The predicted octanol–water partition coefficient (Wildman–Crippen LogP) is 3.10. The predicted molar refractivity (Wildman–Crippen MR) is 97.1 cm³/mol. The van der Waals surface area contributed by atoms with E-state index in [1.54, 1.807) is 24.4 Å². The first-order valence-corrected chi connectivity index (χ1v) is 8.77. The number of aromatic amines is 1. The molecule has 0 bridgehead atoms. The van der Waals surface area contributed by atoms with E-state index >= 15 is 0 Å². The average Bonchev–Trinajstić information content (AvgIpc) is 3.13. The van der Waals surface area contributed by atoms with E-state index in [2.05, 4.69) is 19.9 Å². The zero-order valence-corrected chi connectivity index (χ0v) is 14.5. The molecule has 0 radical (unpaired) electrons. The summed E-state index contributed by atoms with van der Waals surface area (Å²) in [5.74, 6) is -1.11. The van der Waals surface area contributed by atoms with Crippen molar-refractivity contribution in [2.75, 3.05) is 13.1 Å². The molecule has 1 saturated heterocycles. The summed E-state index contributed by atoms with van der Waals surface area (Å²) in [5, 5.41) is 0. The van der Waals surface area contributed by atoms with Crippen LogP contribution in [-0.2, 0) is 6.54 Å². The first kappa shape index (κ1) is 17.5. The quantitative estimate of drug-likeness (QED) is 0.769. The molecule has 1 atom stereocenters. The molecule has 27 heavy (non-hydrogen) atoms. The Morgan fingerprint density at radius 3 is 2.81 bits per heavy atom. The van der Waals surface area contributed by atoms with Crippen LogP contribution in [0.5, 0.6) is 0 Å². The molecule has 1 aromatic carbocycles. The van der Waals surface area contributed by atoms with E-state index < -0.39 is 11.6 Å². The summed E-state index contributed by atoms with van der Waals surface area (Å²) in [5.41, 5.74) is 1.86. The highest BCUT2D eigenvalue weighted by Gasteiger charge is 2.26. The Morgan fingerprint density at radius 2 is 2.04 bits per heavy atom. The fourth-order valence-corrected chi connectivity index (χ4v) is 3.42. The van der Waals surface area contributed by atoms with Crippen LogP contribution in [0.15, 0.2) is 53.5 Å². The van der Waals surface area contributed by atoms with Crippen LogP contribution < -0.4 is 5.56 Å². The molecule has 3 aromatic rings. The van der Waals surface area contributed by atoms with Gasteiger partial charge >= 0.3 is 0 Å². The third kappa shape index (κ3) is 3.93. The second-order valence-electron chi connectivity index (χ2n) is 6.70. The van der Waals surface area contributed by atoms with E-state index in [1.165, 1.54) is 12.1 Å². The van der Waals surface area contributed by atoms with Crippen molar-refractivity contribution in [1.82, 2.24) is 19.9 Å². The molecule has 4 rings (SSSR count). The fourth-order valence-electron chi connectivity index (χ4n) is 3.42. The van der Waals surface area contributed by atoms with E-state index in [0.29, 0.717) is 24.6 Å². The molecule has 1 aliphatic heterocycles. The van der Waals surface area contributed by atoms with Gasteiger partial charge in [0.15, 0.2) is 17.5 Å². The summed E-state index contributed by atoms with van der Waals surface area (Å²) in [6.07, 6.45) is 2.50. The smallest absolute Gasteiger partial charge is 0.251 e. The minimum Gasteiger partial charge on any atom is -0.305 e. The van der Waals surface area contributed by atoms with E-state index in [4.69, 9.17) is 0 Å². The monoisotopic (exact) mass is 368 g/mol. The average molecular weight is 368 g/mol. The molecule has 7 heteroatoms. The largest absolute Gasteiger partial charge is 0.305 e. The lowest BCUT2D eigenvalue weighted by Gasteiger charge is -2.16. The highest BCUT2D eigenvalue weighted by molar-refractivity contribution is 5.48. The van der Waals surface area contributed by atoms with Gasteiger partial charge < -0.3 is 4.98 Å². The van der Waals surface area contributed by atoms with Crippen molar-refractivity contribution in [2.24, 2.45) is 0 Å². The van der Waals surface area contributed by atoms with Crippen LogP contribution in [-0.4, -0.2) is 32.9 Å². The second kappa shape index (κ2) is 7.36. The highest BCUT2D eigenvalue weighted by Crippen LogP contribution is 2.27. The van der Waals surface area contributed by atoms with E-state index in [9.17, 15) is 13.6 Å². The summed E-state index contributed by atoms with van der Waals surface area (Å²) in [7, 11) is 0. The first-order chi connectivity index (χ1) is 13.1. The molecule has 138 valence electrons. The topological polar surface area (TPSA) is 61.9 Å². The van der Waals surface area contributed by atoms with Crippen molar-refractivity contribution >= 4 is 0 Å². The van der Waals surface area contributed by atoms with Crippen molar-refractivity contribution in [3.8, 4) is 11.5 Å². The number of H-pyrrole nitrogens is 1. The third-order valence-corrected chi connectivity index (χ3v) is 4.75.